The molecule has 0 radical (unpaired) electrons. The first-order valence-corrected chi connectivity index (χ1v) is 15.8. The Kier molecular flexibility index (Phi) is 10.1. The van der Waals surface area contributed by atoms with Crippen molar-refractivity contribution in [1.82, 2.24) is 15.0 Å². The van der Waals surface area contributed by atoms with E-state index >= 15 is 0 Å². The van der Waals surface area contributed by atoms with Gasteiger partial charge in [0, 0.05) is 43.0 Å². The minimum absolute atomic E-state index is 0.0497. The van der Waals surface area contributed by atoms with Gasteiger partial charge in [-0.05, 0) is 93.3 Å². The summed E-state index contributed by atoms with van der Waals surface area (Å²) in [5.41, 5.74) is 1.58. The van der Waals surface area contributed by atoms with Gasteiger partial charge in [0.05, 0.1) is 37.4 Å². The second-order valence-electron chi connectivity index (χ2n) is 13.2. The summed E-state index contributed by atoms with van der Waals surface area (Å²) in [6, 6.07) is 9.97. The van der Waals surface area contributed by atoms with Crippen molar-refractivity contribution in [1.29, 1.82) is 0 Å². The molecule has 1 saturated heterocycles. The number of halogens is 2. The highest BCUT2D eigenvalue weighted by atomic mass is 19.3. The van der Waals surface area contributed by atoms with Crippen LogP contribution in [0.4, 0.5) is 20.4 Å². The van der Waals surface area contributed by atoms with Crippen LogP contribution in [0.3, 0.4) is 0 Å². The maximum Gasteiger partial charge on any atom is 0.313 e. The van der Waals surface area contributed by atoms with Crippen LogP contribution in [0.25, 0.3) is 11.3 Å². The van der Waals surface area contributed by atoms with E-state index in [-0.39, 0.29) is 35.8 Å². The predicted octanol–water partition coefficient (Wildman–Crippen LogP) is 5.89. The molecule has 0 amide bonds. The zero-order chi connectivity index (χ0) is 32.2. The summed E-state index contributed by atoms with van der Waals surface area (Å²) >= 11 is 0. The number of aryl methyl sites for hydroxylation is 1. The lowest BCUT2D eigenvalue weighted by atomic mass is 9.73. The lowest BCUT2D eigenvalue weighted by Crippen LogP contribution is -2.52. The molecule has 0 spiro atoms. The molecule has 45 heavy (non-hydrogen) atoms. The monoisotopic (exact) mass is 624 g/mol. The number of carbonyl (C=O) groups is 1. The zero-order valence-electron chi connectivity index (χ0n) is 26.3. The van der Waals surface area contributed by atoms with Crippen LogP contribution in [0.1, 0.15) is 68.7 Å². The van der Waals surface area contributed by atoms with Crippen molar-refractivity contribution in [2.45, 2.75) is 64.4 Å². The molecule has 5 rings (SSSR count). The van der Waals surface area contributed by atoms with Crippen LogP contribution in [0.2, 0.25) is 0 Å². The number of anilines is 2. The fraction of sp³-hybridized carbons (Fsp3) is 0.529. The van der Waals surface area contributed by atoms with Gasteiger partial charge in [0.2, 0.25) is 6.73 Å². The molecule has 9 nitrogen and oxygen atoms in total. The summed E-state index contributed by atoms with van der Waals surface area (Å²) in [5.74, 6) is 0.719. The average Bonchev–Trinajstić information content (AvgIpc) is 3.04. The number of rotatable bonds is 10. The smallest absolute Gasteiger partial charge is 0.313 e. The molecule has 3 N–H and O–H groups in total. The first kappa shape index (κ1) is 32.8. The molecule has 2 aliphatic rings. The number of pyridine rings is 3. The molecule has 4 heterocycles. The number of nitrogens with one attached hydrogen (secondary N) is 1. The molecule has 1 aliphatic carbocycles. The highest BCUT2D eigenvalue weighted by molar-refractivity contribution is 5.72. The second kappa shape index (κ2) is 13.8. The van der Waals surface area contributed by atoms with Crippen LogP contribution in [0, 0.1) is 24.7 Å². The van der Waals surface area contributed by atoms with Crippen molar-refractivity contribution < 1.29 is 33.0 Å². The zero-order valence-corrected chi connectivity index (χ0v) is 26.3. The highest BCUT2D eigenvalue weighted by Gasteiger charge is 2.40. The number of ether oxygens (including phenoxy) is 1. The van der Waals surface area contributed by atoms with Gasteiger partial charge in [-0.3, -0.25) is 14.3 Å². The molecule has 3 aromatic heterocycles. The SMILES string of the molecule is Cc1cc(Nc2cc(C(F)F)ccn2)nc(-c2ccc([C@](C)(O)[C@H]3CC[C@H](C(=O)OC[N+]4(C)CCC(CO)CC4)CC3)nc2)c1. The molecule has 2 fully saturated rings. The van der Waals surface area contributed by atoms with Crippen molar-refractivity contribution in [2.75, 3.05) is 38.8 Å². The van der Waals surface area contributed by atoms with E-state index < -0.39 is 12.0 Å². The van der Waals surface area contributed by atoms with Gasteiger partial charge in [0.15, 0.2) is 0 Å². The van der Waals surface area contributed by atoms with Crippen molar-refractivity contribution in [2.24, 2.45) is 17.8 Å². The van der Waals surface area contributed by atoms with E-state index in [0.717, 1.165) is 37.1 Å². The van der Waals surface area contributed by atoms with Crippen molar-refractivity contribution >= 4 is 17.6 Å². The fourth-order valence-electron chi connectivity index (χ4n) is 6.50. The third-order valence-electron chi connectivity index (χ3n) is 9.63. The number of alkyl halides is 2. The van der Waals surface area contributed by atoms with Crippen LogP contribution >= 0.6 is 0 Å². The Bertz CT molecular complexity index is 1450. The van der Waals surface area contributed by atoms with Crippen molar-refractivity contribution in [3.05, 3.63) is 65.6 Å². The number of nitrogens with zero attached hydrogens (tertiary/aromatic N) is 4. The standard InChI is InChI=1S/C34H44F2N5O4/c1-22-16-28(39-31(17-22)40-30-18-25(32(35)36)10-13-37-30)26-6-9-29(38-19-26)34(2,44)27-7-4-24(5-8-27)33(43)45-21-41(3)14-11-23(20-42)12-15-41/h6,9-10,13,16-19,23-24,27,32,42,44H,4-5,7-8,11-12,14-15,20-21H2,1-3H3,(H,37,39,40)/q+1/t23?,24-,27-,34-,41?/m1/s1. The van der Waals surface area contributed by atoms with E-state index in [0.29, 0.717) is 60.0 Å². The van der Waals surface area contributed by atoms with Crippen LogP contribution in [0.15, 0.2) is 48.8 Å². The van der Waals surface area contributed by atoms with Gasteiger partial charge < -0.3 is 20.3 Å². The topological polar surface area (TPSA) is 117 Å². The quantitative estimate of drug-likeness (QED) is 0.189. The maximum absolute atomic E-state index is 13.1. The summed E-state index contributed by atoms with van der Waals surface area (Å²) in [7, 11) is 2.10. The Labute approximate surface area is 263 Å². The molecule has 1 atom stereocenters. The molecule has 3 aromatic rings. The third-order valence-corrected chi connectivity index (χ3v) is 9.63. The van der Waals surface area contributed by atoms with Crippen LogP contribution in [-0.4, -0.2) is 69.1 Å². The molecule has 0 bridgehead atoms. The van der Waals surface area contributed by atoms with Crippen LogP contribution in [-0.2, 0) is 15.1 Å². The first-order chi connectivity index (χ1) is 21.5. The minimum Gasteiger partial charge on any atom is -0.415 e. The molecule has 11 heteroatoms. The normalized spacial score (nSPS) is 25.0. The second-order valence-corrected chi connectivity index (χ2v) is 13.2. The Morgan fingerprint density at radius 3 is 2.44 bits per heavy atom. The molecular weight excluding hydrogens is 580 g/mol. The van der Waals surface area contributed by atoms with Crippen molar-refractivity contribution in [3.8, 4) is 11.3 Å². The van der Waals surface area contributed by atoms with E-state index in [1.54, 1.807) is 13.1 Å². The van der Waals surface area contributed by atoms with Gasteiger partial charge in [0.25, 0.3) is 6.43 Å². The summed E-state index contributed by atoms with van der Waals surface area (Å²) in [5, 5.41) is 24.0. The number of esters is 1. The molecule has 0 aromatic carbocycles. The van der Waals surface area contributed by atoms with Gasteiger partial charge in [-0.1, -0.05) is 0 Å². The molecule has 242 valence electrons. The van der Waals surface area contributed by atoms with Gasteiger partial charge in [-0.25, -0.2) is 18.7 Å². The Balaban J connectivity index is 1.17. The number of aromatic nitrogens is 3. The van der Waals surface area contributed by atoms with Gasteiger partial charge in [0.1, 0.15) is 17.2 Å². The number of aliphatic hydroxyl groups is 2. The van der Waals surface area contributed by atoms with Crippen LogP contribution < -0.4 is 5.32 Å². The number of hydrogen-bond donors (Lipinski definition) is 3. The maximum atomic E-state index is 13.1. The summed E-state index contributed by atoms with van der Waals surface area (Å²) in [6.45, 7) is 6.08. The van der Waals surface area contributed by atoms with Gasteiger partial charge >= 0.3 is 5.97 Å². The molecule has 1 saturated carbocycles. The van der Waals surface area contributed by atoms with E-state index in [1.807, 2.05) is 31.2 Å². The van der Waals surface area contributed by atoms with E-state index in [4.69, 9.17) is 4.74 Å². The summed E-state index contributed by atoms with van der Waals surface area (Å²) < 4.78 is 32.7. The van der Waals surface area contributed by atoms with E-state index in [9.17, 15) is 23.8 Å². The number of piperidine rings is 1. The summed E-state index contributed by atoms with van der Waals surface area (Å²) in [6.07, 6.45) is 5.00. The lowest BCUT2D eigenvalue weighted by molar-refractivity contribution is -0.931. The summed E-state index contributed by atoms with van der Waals surface area (Å²) in [4.78, 5) is 26.3. The Morgan fingerprint density at radius 2 is 1.80 bits per heavy atom. The number of likely N-dealkylation sites (tertiary alicyclic amines) is 1. The number of quaternary nitrogens is 1. The predicted molar refractivity (Wildman–Crippen MR) is 166 cm³/mol. The van der Waals surface area contributed by atoms with Crippen molar-refractivity contribution in [3.63, 3.8) is 0 Å². The lowest BCUT2D eigenvalue weighted by Gasteiger charge is -2.40. The highest BCUT2D eigenvalue weighted by Crippen LogP contribution is 2.41. The minimum atomic E-state index is -2.59. The van der Waals surface area contributed by atoms with Crippen LogP contribution in [0.5, 0.6) is 0 Å². The first-order valence-electron chi connectivity index (χ1n) is 15.8. The molecule has 1 aliphatic heterocycles. The van der Waals surface area contributed by atoms with Gasteiger partial charge in [-0.15, -0.1) is 0 Å². The Morgan fingerprint density at radius 1 is 1.07 bits per heavy atom. The molecule has 0 unspecified atom stereocenters. The van der Waals surface area contributed by atoms with E-state index in [1.165, 1.54) is 18.3 Å². The Hall–Kier alpha value is -3.54. The van der Waals surface area contributed by atoms with E-state index in [2.05, 4.69) is 27.3 Å². The number of carbonyl (C=O) groups excluding carboxylic acids is 1. The fourth-order valence-corrected chi connectivity index (χ4v) is 6.50. The number of hydrogen-bond acceptors (Lipinski definition) is 8. The largest absolute Gasteiger partial charge is 0.415 e. The third kappa shape index (κ3) is 8.01. The average molecular weight is 625 g/mol. The van der Waals surface area contributed by atoms with Gasteiger partial charge in [-0.2, -0.15) is 0 Å². The number of aliphatic hydroxyl groups excluding tert-OH is 1. The molecular formula is C34H44F2N5O4+.